The van der Waals surface area contributed by atoms with E-state index in [1.54, 1.807) is 11.1 Å². The van der Waals surface area contributed by atoms with Crippen molar-refractivity contribution in [2.45, 2.75) is 77.2 Å². The summed E-state index contributed by atoms with van der Waals surface area (Å²) in [6.07, 6.45) is 10.5. The quantitative estimate of drug-likeness (QED) is 0.707. The second kappa shape index (κ2) is 4.75. The summed E-state index contributed by atoms with van der Waals surface area (Å²) >= 11 is 0. The van der Waals surface area contributed by atoms with Crippen LogP contribution in [0.5, 0.6) is 0 Å². The van der Waals surface area contributed by atoms with Crippen LogP contribution in [-0.2, 0) is 11.8 Å². The van der Waals surface area contributed by atoms with Gasteiger partial charge < -0.3 is 5.11 Å². The van der Waals surface area contributed by atoms with E-state index in [-0.39, 0.29) is 6.10 Å². The van der Waals surface area contributed by atoms with Gasteiger partial charge in [0.05, 0.1) is 11.8 Å². The Morgan fingerprint density at radius 2 is 1.92 bits per heavy atom. The van der Waals surface area contributed by atoms with Crippen molar-refractivity contribution >= 4 is 0 Å². The monoisotopic (exact) mass is 326 g/mol. The predicted molar refractivity (Wildman–Crippen MR) is 94.7 cm³/mol. The zero-order chi connectivity index (χ0) is 16.7. The van der Waals surface area contributed by atoms with E-state index in [1.807, 2.05) is 0 Å². The molecular formula is C21H30N2O. The Hall–Kier alpha value is -1.09. The molecule has 2 saturated carbocycles. The molecule has 2 N–H and O–H groups in total. The highest BCUT2D eigenvalue weighted by Gasteiger charge is 2.58. The fraction of sp³-hybridized carbons (Fsp3) is 0.762. The highest BCUT2D eigenvalue weighted by Crippen LogP contribution is 2.64. The van der Waals surface area contributed by atoms with Crippen LogP contribution in [0.15, 0.2) is 11.6 Å². The molecule has 0 bridgehead atoms. The topological polar surface area (TPSA) is 48.9 Å². The van der Waals surface area contributed by atoms with Gasteiger partial charge in [0.15, 0.2) is 0 Å². The van der Waals surface area contributed by atoms with E-state index in [0.717, 1.165) is 30.6 Å². The summed E-state index contributed by atoms with van der Waals surface area (Å²) in [5, 5.41) is 18.0. The van der Waals surface area contributed by atoms with Crippen LogP contribution in [0.2, 0.25) is 0 Å². The zero-order valence-corrected chi connectivity index (χ0v) is 15.2. The Morgan fingerprint density at radius 1 is 1.12 bits per heavy atom. The third-order valence-electron chi connectivity index (χ3n) is 8.47. The molecule has 0 saturated heterocycles. The summed E-state index contributed by atoms with van der Waals surface area (Å²) in [5.74, 6) is 2.35. The number of hydrogen-bond donors (Lipinski definition) is 2. The molecule has 4 unspecified atom stereocenters. The molecule has 130 valence electrons. The molecule has 2 fully saturated rings. The van der Waals surface area contributed by atoms with Crippen LogP contribution >= 0.6 is 0 Å². The predicted octanol–water partition coefficient (Wildman–Crippen LogP) is 4.06. The van der Waals surface area contributed by atoms with Gasteiger partial charge in [-0.1, -0.05) is 25.5 Å². The Labute approximate surface area is 144 Å². The fourth-order valence-electron chi connectivity index (χ4n) is 7.24. The summed E-state index contributed by atoms with van der Waals surface area (Å²) in [7, 11) is 0. The maximum Gasteiger partial charge on any atom is 0.0665 e. The Balaban J connectivity index is 1.54. The molecule has 0 spiro atoms. The molecule has 6 atom stereocenters. The van der Waals surface area contributed by atoms with Gasteiger partial charge in [0, 0.05) is 11.3 Å². The first-order valence-electron chi connectivity index (χ1n) is 9.85. The zero-order valence-electron chi connectivity index (χ0n) is 15.2. The largest absolute Gasteiger partial charge is 0.393 e. The number of fused-ring (bicyclic) bond motifs is 7. The average molecular weight is 326 g/mol. The van der Waals surface area contributed by atoms with Crippen molar-refractivity contribution in [1.82, 2.24) is 10.2 Å². The lowest BCUT2D eigenvalue weighted by atomic mass is 9.47. The van der Waals surface area contributed by atoms with Crippen molar-refractivity contribution in [2.24, 2.45) is 23.2 Å². The summed E-state index contributed by atoms with van der Waals surface area (Å²) in [5.41, 5.74) is 6.42. The number of nitrogens with zero attached hydrogens (tertiary/aromatic N) is 1. The lowest BCUT2D eigenvalue weighted by molar-refractivity contribution is -0.0166. The number of allylic oxidation sites excluding steroid dienone is 1. The molecule has 1 aromatic rings. The molecule has 0 aliphatic heterocycles. The number of nitrogens with one attached hydrogen (secondary N) is 1. The second-order valence-corrected chi connectivity index (χ2v) is 9.49. The van der Waals surface area contributed by atoms with Crippen LogP contribution < -0.4 is 0 Å². The Morgan fingerprint density at radius 3 is 2.75 bits per heavy atom. The molecule has 0 amide bonds. The summed E-state index contributed by atoms with van der Waals surface area (Å²) in [6.45, 7) is 7.21. The number of aliphatic hydroxyl groups is 1. The van der Waals surface area contributed by atoms with Gasteiger partial charge in [-0.3, -0.25) is 5.10 Å². The normalized spacial score (nSPS) is 46.6. The lowest BCUT2D eigenvalue weighted by Crippen LogP contribution is -2.51. The maximum atomic E-state index is 10.1. The fourth-order valence-corrected chi connectivity index (χ4v) is 7.24. The minimum Gasteiger partial charge on any atom is -0.393 e. The van der Waals surface area contributed by atoms with Crippen LogP contribution in [0.3, 0.4) is 0 Å². The number of aromatic amines is 1. The molecule has 1 aromatic heterocycles. The van der Waals surface area contributed by atoms with Crippen LogP contribution in [0, 0.1) is 30.1 Å². The standard InChI is InChI=1S/C21H30N2O/c1-12-19-18(23-22-12)11-17-15-5-4-13-10-14(24)6-8-20(13,2)16(15)7-9-21(17,19)3/h4,14-17,24H,5-11H2,1-3H3,(H,22,23)/t14?,15?,16?,17?,20-,21-/m0/s1. The number of hydrogen-bond acceptors (Lipinski definition) is 2. The molecule has 1 heterocycles. The number of rotatable bonds is 0. The van der Waals surface area contributed by atoms with Gasteiger partial charge in [-0.25, -0.2) is 0 Å². The number of aryl methyl sites for hydroxylation is 1. The van der Waals surface area contributed by atoms with Crippen LogP contribution in [0.4, 0.5) is 0 Å². The van der Waals surface area contributed by atoms with E-state index in [2.05, 4.69) is 37.0 Å². The van der Waals surface area contributed by atoms with Crippen molar-refractivity contribution in [3.8, 4) is 0 Å². The van der Waals surface area contributed by atoms with Crippen LogP contribution in [-0.4, -0.2) is 21.4 Å². The molecular weight excluding hydrogens is 296 g/mol. The highest BCUT2D eigenvalue weighted by atomic mass is 16.3. The molecule has 5 rings (SSSR count). The van der Waals surface area contributed by atoms with E-state index in [0.29, 0.717) is 10.8 Å². The van der Waals surface area contributed by atoms with Gasteiger partial charge >= 0.3 is 0 Å². The summed E-state index contributed by atoms with van der Waals surface area (Å²) in [4.78, 5) is 0. The number of aliphatic hydroxyl groups excluding tert-OH is 1. The third-order valence-corrected chi connectivity index (χ3v) is 8.47. The molecule has 3 heteroatoms. The van der Waals surface area contributed by atoms with E-state index in [9.17, 15) is 5.11 Å². The van der Waals surface area contributed by atoms with Gasteiger partial charge in [-0.2, -0.15) is 5.10 Å². The third kappa shape index (κ3) is 1.75. The van der Waals surface area contributed by atoms with Crippen LogP contribution in [0.25, 0.3) is 0 Å². The summed E-state index contributed by atoms with van der Waals surface area (Å²) < 4.78 is 0. The number of aromatic nitrogens is 2. The molecule has 3 nitrogen and oxygen atoms in total. The van der Waals surface area contributed by atoms with Gasteiger partial charge in [-0.05, 0) is 80.5 Å². The number of H-pyrrole nitrogens is 1. The second-order valence-electron chi connectivity index (χ2n) is 9.49. The van der Waals surface area contributed by atoms with Gasteiger partial charge in [0.1, 0.15) is 0 Å². The molecule has 4 aliphatic carbocycles. The van der Waals surface area contributed by atoms with E-state index < -0.39 is 0 Å². The van der Waals surface area contributed by atoms with Crippen molar-refractivity contribution < 1.29 is 5.11 Å². The Bertz CT molecular complexity index is 719. The van der Waals surface area contributed by atoms with E-state index in [4.69, 9.17) is 0 Å². The lowest BCUT2D eigenvalue weighted by Gasteiger charge is -2.57. The molecule has 4 aliphatic rings. The van der Waals surface area contributed by atoms with E-state index in [1.165, 1.54) is 43.5 Å². The van der Waals surface area contributed by atoms with Gasteiger partial charge in [0.2, 0.25) is 0 Å². The van der Waals surface area contributed by atoms with Crippen molar-refractivity contribution in [3.63, 3.8) is 0 Å². The average Bonchev–Trinajstić information content (AvgIpc) is 3.06. The molecule has 0 aromatic carbocycles. The van der Waals surface area contributed by atoms with Crippen molar-refractivity contribution in [2.75, 3.05) is 0 Å². The minimum absolute atomic E-state index is 0.103. The first kappa shape index (κ1) is 15.2. The van der Waals surface area contributed by atoms with Crippen molar-refractivity contribution in [3.05, 3.63) is 28.6 Å². The Kier molecular flexibility index (Phi) is 3.01. The first-order valence-corrected chi connectivity index (χ1v) is 9.85. The highest BCUT2D eigenvalue weighted by molar-refractivity contribution is 5.41. The maximum absolute atomic E-state index is 10.1. The van der Waals surface area contributed by atoms with Crippen molar-refractivity contribution in [1.29, 1.82) is 0 Å². The van der Waals surface area contributed by atoms with E-state index >= 15 is 0 Å². The smallest absolute Gasteiger partial charge is 0.0665 e. The SMILES string of the molecule is Cc1[nH]nc2c1[C@@]1(C)CCC3C(CC=C4CC(O)CC[C@@]43C)C1C2. The molecule has 0 radical (unpaired) electrons. The van der Waals surface area contributed by atoms with Crippen LogP contribution in [0.1, 0.15) is 69.3 Å². The molecule has 24 heavy (non-hydrogen) atoms. The van der Waals surface area contributed by atoms with Gasteiger partial charge in [0.25, 0.3) is 0 Å². The minimum atomic E-state index is -0.103. The van der Waals surface area contributed by atoms with Gasteiger partial charge in [-0.15, -0.1) is 0 Å². The summed E-state index contributed by atoms with van der Waals surface area (Å²) in [6, 6.07) is 0. The first-order chi connectivity index (χ1) is 11.4.